The molecule has 116 valence electrons. The van der Waals surface area contributed by atoms with E-state index in [4.69, 9.17) is 4.74 Å². The van der Waals surface area contributed by atoms with Crippen molar-refractivity contribution < 1.29 is 13.9 Å². The number of hydrogen-bond acceptors (Lipinski definition) is 2. The van der Waals surface area contributed by atoms with E-state index in [1.54, 1.807) is 6.07 Å². The van der Waals surface area contributed by atoms with Crippen LogP contribution in [-0.2, 0) is 0 Å². The fourth-order valence-electron chi connectivity index (χ4n) is 2.89. The number of rotatable bonds is 5. The Labute approximate surface area is 133 Å². The third-order valence-corrected chi connectivity index (χ3v) is 5.04. The van der Waals surface area contributed by atoms with Crippen LogP contribution < -0.4 is 10.1 Å². The highest BCUT2D eigenvalue weighted by molar-refractivity contribution is 9.09. The Morgan fingerprint density at radius 3 is 2.71 bits per heavy atom. The SMILES string of the molecule is COc1ccc(C(=O)NCC2CCCCC2CBr)cc1F. The van der Waals surface area contributed by atoms with E-state index >= 15 is 0 Å². The lowest BCUT2D eigenvalue weighted by atomic mass is 9.80. The Bertz CT molecular complexity index is 495. The van der Waals surface area contributed by atoms with E-state index in [9.17, 15) is 9.18 Å². The predicted octanol–water partition coefficient (Wildman–Crippen LogP) is 3.77. The molecule has 2 unspecified atom stereocenters. The Kier molecular flexibility index (Phi) is 6.03. The summed E-state index contributed by atoms with van der Waals surface area (Å²) in [6.07, 6.45) is 4.85. The van der Waals surface area contributed by atoms with Crippen LogP contribution in [0.1, 0.15) is 36.0 Å². The molecular formula is C16H21BrFNO2. The average Bonchev–Trinajstić information content (AvgIpc) is 2.52. The van der Waals surface area contributed by atoms with Crippen LogP contribution in [0, 0.1) is 17.7 Å². The van der Waals surface area contributed by atoms with Crippen LogP contribution in [0.5, 0.6) is 5.75 Å². The second-order valence-electron chi connectivity index (χ2n) is 5.52. The lowest BCUT2D eigenvalue weighted by Gasteiger charge is -2.30. The third-order valence-electron chi connectivity index (χ3n) is 4.20. The van der Waals surface area contributed by atoms with E-state index < -0.39 is 5.82 Å². The summed E-state index contributed by atoms with van der Waals surface area (Å²) in [5, 5.41) is 3.91. The Morgan fingerprint density at radius 1 is 1.38 bits per heavy atom. The molecule has 0 radical (unpaired) electrons. The first-order chi connectivity index (χ1) is 10.2. The van der Waals surface area contributed by atoms with Gasteiger partial charge in [-0.15, -0.1) is 0 Å². The van der Waals surface area contributed by atoms with Crippen molar-refractivity contribution in [1.82, 2.24) is 5.32 Å². The van der Waals surface area contributed by atoms with Gasteiger partial charge in [-0.3, -0.25) is 4.79 Å². The summed E-state index contributed by atoms with van der Waals surface area (Å²) in [6, 6.07) is 4.28. The molecule has 1 N–H and O–H groups in total. The van der Waals surface area contributed by atoms with Crippen LogP contribution >= 0.6 is 15.9 Å². The highest BCUT2D eigenvalue weighted by atomic mass is 79.9. The van der Waals surface area contributed by atoms with Gasteiger partial charge in [0.15, 0.2) is 11.6 Å². The Morgan fingerprint density at radius 2 is 2.10 bits per heavy atom. The van der Waals surface area contributed by atoms with Crippen LogP contribution in [-0.4, -0.2) is 24.9 Å². The van der Waals surface area contributed by atoms with Crippen molar-refractivity contribution in [1.29, 1.82) is 0 Å². The first kappa shape index (κ1) is 16.3. The molecule has 2 atom stereocenters. The summed E-state index contributed by atoms with van der Waals surface area (Å²) >= 11 is 3.55. The van der Waals surface area contributed by atoms with Gasteiger partial charge in [-0.05, 0) is 42.9 Å². The largest absolute Gasteiger partial charge is 0.494 e. The number of halogens is 2. The maximum atomic E-state index is 13.6. The van der Waals surface area contributed by atoms with Gasteiger partial charge in [-0.1, -0.05) is 28.8 Å². The molecule has 1 aromatic carbocycles. The van der Waals surface area contributed by atoms with Crippen molar-refractivity contribution in [3.8, 4) is 5.75 Å². The van der Waals surface area contributed by atoms with Crippen molar-refractivity contribution in [2.45, 2.75) is 25.7 Å². The summed E-state index contributed by atoms with van der Waals surface area (Å²) < 4.78 is 18.5. The van der Waals surface area contributed by atoms with Crippen molar-refractivity contribution in [3.63, 3.8) is 0 Å². The molecule has 2 rings (SSSR count). The number of amides is 1. The van der Waals surface area contributed by atoms with Gasteiger partial charge in [0.25, 0.3) is 5.91 Å². The molecule has 1 aliphatic rings. The zero-order valence-electron chi connectivity index (χ0n) is 12.2. The number of alkyl halides is 1. The van der Waals surface area contributed by atoms with Crippen molar-refractivity contribution in [2.24, 2.45) is 11.8 Å². The van der Waals surface area contributed by atoms with E-state index in [0.29, 0.717) is 23.9 Å². The molecule has 0 bridgehead atoms. The molecule has 1 fully saturated rings. The minimum Gasteiger partial charge on any atom is -0.494 e. The summed E-state index contributed by atoms with van der Waals surface area (Å²) in [7, 11) is 1.40. The van der Waals surface area contributed by atoms with Crippen LogP contribution in [0.2, 0.25) is 0 Å². The fraction of sp³-hybridized carbons (Fsp3) is 0.562. The topological polar surface area (TPSA) is 38.3 Å². The van der Waals surface area contributed by atoms with Crippen molar-refractivity contribution >= 4 is 21.8 Å². The first-order valence-electron chi connectivity index (χ1n) is 7.33. The van der Waals surface area contributed by atoms with Crippen LogP contribution in [0.25, 0.3) is 0 Å². The Balaban J connectivity index is 1.93. The minimum atomic E-state index is -0.513. The number of hydrogen-bond donors (Lipinski definition) is 1. The quantitative estimate of drug-likeness (QED) is 0.814. The molecule has 0 aliphatic heterocycles. The normalized spacial score (nSPS) is 21.9. The van der Waals surface area contributed by atoms with Gasteiger partial charge < -0.3 is 10.1 Å². The zero-order chi connectivity index (χ0) is 15.2. The summed E-state index contributed by atoms with van der Waals surface area (Å²) in [5.74, 6) is 0.534. The van der Waals surface area contributed by atoms with Gasteiger partial charge in [-0.25, -0.2) is 4.39 Å². The standard InChI is InChI=1S/C16H21BrFNO2/c1-21-15-7-6-11(8-14(15)18)16(20)19-10-13-5-3-2-4-12(13)9-17/h6-8,12-13H,2-5,9-10H2,1H3,(H,19,20). The van der Waals surface area contributed by atoms with Gasteiger partial charge >= 0.3 is 0 Å². The van der Waals surface area contributed by atoms with E-state index in [1.807, 2.05) is 0 Å². The number of nitrogens with one attached hydrogen (secondary N) is 1. The van der Waals surface area contributed by atoms with Gasteiger partial charge in [-0.2, -0.15) is 0 Å². The van der Waals surface area contributed by atoms with Crippen LogP contribution in [0.15, 0.2) is 18.2 Å². The minimum absolute atomic E-state index is 0.151. The number of ether oxygens (including phenoxy) is 1. The second kappa shape index (κ2) is 7.78. The fourth-order valence-corrected chi connectivity index (χ4v) is 3.74. The van der Waals surface area contributed by atoms with Gasteiger partial charge in [0.2, 0.25) is 0 Å². The molecule has 1 amide bonds. The number of benzene rings is 1. The van der Waals surface area contributed by atoms with E-state index in [1.165, 1.54) is 38.5 Å². The molecule has 0 aromatic heterocycles. The van der Waals surface area contributed by atoms with Crippen LogP contribution in [0.4, 0.5) is 4.39 Å². The molecule has 3 nitrogen and oxygen atoms in total. The second-order valence-corrected chi connectivity index (χ2v) is 6.17. The highest BCUT2D eigenvalue weighted by Crippen LogP contribution is 2.30. The highest BCUT2D eigenvalue weighted by Gasteiger charge is 2.24. The molecular weight excluding hydrogens is 337 g/mol. The summed E-state index contributed by atoms with van der Waals surface area (Å²) in [4.78, 5) is 12.1. The molecule has 0 spiro atoms. The number of carbonyl (C=O) groups excluding carboxylic acids is 1. The lowest BCUT2D eigenvalue weighted by Crippen LogP contribution is -2.34. The molecule has 0 saturated heterocycles. The monoisotopic (exact) mass is 357 g/mol. The van der Waals surface area contributed by atoms with E-state index in [-0.39, 0.29) is 11.7 Å². The molecule has 0 heterocycles. The number of methoxy groups -OCH3 is 1. The maximum absolute atomic E-state index is 13.6. The van der Waals surface area contributed by atoms with Crippen LogP contribution in [0.3, 0.4) is 0 Å². The zero-order valence-corrected chi connectivity index (χ0v) is 13.8. The summed E-state index contributed by atoms with van der Waals surface area (Å²) in [5.41, 5.74) is 0.333. The van der Waals surface area contributed by atoms with Crippen molar-refractivity contribution in [2.75, 3.05) is 19.0 Å². The average molecular weight is 358 g/mol. The molecule has 5 heteroatoms. The first-order valence-corrected chi connectivity index (χ1v) is 8.45. The molecule has 21 heavy (non-hydrogen) atoms. The smallest absolute Gasteiger partial charge is 0.251 e. The Hall–Kier alpha value is -1.10. The third kappa shape index (κ3) is 4.19. The maximum Gasteiger partial charge on any atom is 0.251 e. The molecule has 1 aromatic rings. The molecule has 1 saturated carbocycles. The van der Waals surface area contributed by atoms with E-state index in [2.05, 4.69) is 21.2 Å². The van der Waals surface area contributed by atoms with Gasteiger partial charge in [0, 0.05) is 17.4 Å². The summed E-state index contributed by atoms with van der Waals surface area (Å²) in [6.45, 7) is 0.656. The van der Waals surface area contributed by atoms with Gasteiger partial charge in [0.05, 0.1) is 7.11 Å². The van der Waals surface area contributed by atoms with Gasteiger partial charge in [0.1, 0.15) is 0 Å². The van der Waals surface area contributed by atoms with Crippen molar-refractivity contribution in [3.05, 3.63) is 29.6 Å². The molecule has 1 aliphatic carbocycles. The van der Waals surface area contributed by atoms with E-state index in [0.717, 1.165) is 11.8 Å². The predicted molar refractivity (Wildman–Crippen MR) is 84.5 cm³/mol. The lowest BCUT2D eigenvalue weighted by molar-refractivity contribution is 0.0936. The number of carbonyl (C=O) groups is 1.